The van der Waals surface area contributed by atoms with E-state index in [1.807, 2.05) is 0 Å². The summed E-state index contributed by atoms with van der Waals surface area (Å²) in [5.41, 5.74) is 0.310. The highest BCUT2D eigenvalue weighted by Crippen LogP contribution is 2.40. The van der Waals surface area contributed by atoms with Gasteiger partial charge in [-0.1, -0.05) is 0 Å². The Bertz CT molecular complexity index is 500. The summed E-state index contributed by atoms with van der Waals surface area (Å²) in [7, 11) is 0. The number of hydrogen-bond acceptors (Lipinski definition) is 5. The van der Waals surface area contributed by atoms with E-state index in [0.29, 0.717) is 6.07 Å². The molecule has 1 rings (SSSR count). The Balaban J connectivity index is 3.60. The van der Waals surface area contributed by atoms with Crippen LogP contribution in [-0.4, -0.2) is 9.85 Å². The van der Waals surface area contributed by atoms with Crippen LogP contribution in [0.4, 0.5) is 30.2 Å². The maximum absolute atomic E-state index is 12.4. The molecule has 0 aliphatic carbocycles. The summed E-state index contributed by atoms with van der Waals surface area (Å²) in [6.45, 7) is 0. The fourth-order valence-corrected chi connectivity index (χ4v) is 1.13. The summed E-state index contributed by atoms with van der Waals surface area (Å²) in [5.74, 6) is 0. The zero-order chi connectivity index (χ0) is 13.4. The van der Waals surface area contributed by atoms with Gasteiger partial charge in [-0.15, -0.1) is 0 Å². The molecule has 0 saturated carbocycles. The molecule has 1 aromatic rings. The predicted octanol–water partition coefficient (Wildman–Crippen LogP) is 2.10. The zero-order valence-electron chi connectivity index (χ0n) is 7.89. The largest absolute Gasteiger partial charge is 0.423 e. The molecule has 0 bridgehead atoms. The molecule has 7 nitrogen and oxygen atoms in total. The molecule has 10 heteroatoms. The Morgan fingerprint density at radius 1 is 1.06 bits per heavy atom. The van der Waals surface area contributed by atoms with E-state index in [4.69, 9.17) is 5.73 Å². The number of alkyl halides is 3. The van der Waals surface area contributed by atoms with Crippen LogP contribution in [-0.2, 0) is 6.18 Å². The van der Waals surface area contributed by atoms with E-state index >= 15 is 0 Å². The molecule has 0 heterocycles. The van der Waals surface area contributed by atoms with Gasteiger partial charge in [0.25, 0.3) is 11.4 Å². The van der Waals surface area contributed by atoms with Gasteiger partial charge in [-0.25, -0.2) is 0 Å². The second kappa shape index (κ2) is 3.88. The molecule has 17 heavy (non-hydrogen) atoms. The number of nitrogens with two attached hydrogens (primary N) is 1. The molecule has 0 fully saturated rings. The van der Waals surface area contributed by atoms with Crippen LogP contribution in [0.1, 0.15) is 5.56 Å². The first-order valence-electron chi connectivity index (χ1n) is 3.94. The third-order valence-electron chi connectivity index (χ3n) is 1.84. The summed E-state index contributed by atoms with van der Waals surface area (Å²) >= 11 is 0. The predicted molar refractivity (Wildman–Crippen MR) is 49.2 cm³/mol. The second-order valence-electron chi connectivity index (χ2n) is 2.94. The van der Waals surface area contributed by atoms with Crippen LogP contribution in [0.3, 0.4) is 0 Å². The maximum atomic E-state index is 12.4. The third kappa shape index (κ3) is 2.41. The van der Waals surface area contributed by atoms with Gasteiger partial charge in [0.15, 0.2) is 0 Å². The molecule has 1 aromatic carbocycles. The van der Waals surface area contributed by atoms with Crippen molar-refractivity contribution in [2.75, 3.05) is 5.73 Å². The van der Waals surface area contributed by atoms with E-state index in [9.17, 15) is 33.4 Å². The van der Waals surface area contributed by atoms with E-state index in [1.54, 1.807) is 0 Å². The van der Waals surface area contributed by atoms with E-state index in [-0.39, 0.29) is 6.07 Å². The second-order valence-corrected chi connectivity index (χ2v) is 2.94. The fraction of sp³-hybridized carbons (Fsp3) is 0.143. The smallest absolute Gasteiger partial charge is 0.393 e. The molecular weight excluding hydrogens is 247 g/mol. The highest BCUT2D eigenvalue weighted by molar-refractivity contribution is 5.66. The van der Waals surface area contributed by atoms with Crippen LogP contribution >= 0.6 is 0 Å². The van der Waals surface area contributed by atoms with Crippen LogP contribution < -0.4 is 5.73 Å². The van der Waals surface area contributed by atoms with E-state index < -0.39 is 38.6 Å². The zero-order valence-corrected chi connectivity index (χ0v) is 7.89. The summed E-state index contributed by atoms with van der Waals surface area (Å²) in [5, 5.41) is 20.8. The summed E-state index contributed by atoms with van der Waals surface area (Å²) in [6.07, 6.45) is -5.07. The molecule has 2 N–H and O–H groups in total. The minimum Gasteiger partial charge on any atom is -0.393 e. The summed E-state index contributed by atoms with van der Waals surface area (Å²) < 4.78 is 37.2. The quantitative estimate of drug-likeness (QED) is 0.491. The minimum absolute atomic E-state index is 0.0491. The van der Waals surface area contributed by atoms with Crippen molar-refractivity contribution in [1.29, 1.82) is 0 Å². The first-order chi connectivity index (χ1) is 7.64. The molecule has 0 amide bonds. The number of nitrogens with zero attached hydrogens (tertiary/aromatic N) is 2. The van der Waals surface area contributed by atoms with E-state index in [2.05, 4.69) is 0 Å². The monoisotopic (exact) mass is 251 g/mol. The van der Waals surface area contributed by atoms with Crippen molar-refractivity contribution in [1.82, 2.24) is 0 Å². The molecular formula is C7H4F3N3O4. The molecule has 0 aliphatic heterocycles. The van der Waals surface area contributed by atoms with Gasteiger partial charge in [-0.2, -0.15) is 13.2 Å². The van der Waals surface area contributed by atoms with Crippen molar-refractivity contribution in [3.8, 4) is 0 Å². The lowest BCUT2D eigenvalue weighted by molar-refractivity contribution is -0.391. The highest BCUT2D eigenvalue weighted by atomic mass is 19.4. The molecule has 0 radical (unpaired) electrons. The number of benzene rings is 1. The van der Waals surface area contributed by atoms with Crippen molar-refractivity contribution < 1.29 is 23.0 Å². The number of nitro groups is 2. The molecule has 0 unspecified atom stereocenters. The van der Waals surface area contributed by atoms with E-state index in [1.165, 1.54) is 0 Å². The van der Waals surface area contributed by atoms with Gasteiger partial charge in [-0.3, -0.25) is 20.2 Å². The standard InChI is InChI=1S/C7H4F3N3O4/c8-7(9,10)3-1-6(13(16)17)4(11)2-5(3)12(14)15/h1-2H,11H2. The van der Waals surface area contributed by atoms with Gasteiger partial charge in [0.1, 0.15) is 11.3 Å². The van der Waals surface area contributed by atoms with Crippen LogP contribution in [0.2, 0.25) is 0 Å². The Morgan fingerprint density at radius 3 is 1.88 bits per heavy atom. The lowest BCUT2D eigenvalue weighted by Crippen LogP contribution is -2.10. The number of anilines is 1. The third-order valence-corrected chi connectivity index (χ3v) is 1.84. The Hall–Kier alpha value is -2.39. The van der Waals surface area contributed by atoms with Crippen LogP contribution in [0, 0.1) is 20.2 Å². The van der Waals surface area contributed by atoms with Crippen LogP contribution in [0.15, 0.2) is 12.1 Å². The lowest BCUT2D eigenvalue weighted by atomic mass is 10.1. The summed E-state index contributed by atoms with van der Waals surface area (Å²) in [6, 6.07) is 0.369. The minimum atomic E-state index is -5.07. The molecule has 92 valence electrons. The lowest BCUT2D eigenvalue weighted by Gasteiger charge is -2.07. The molecule has 0 saturated heterocycles. The number of rotatable bonds is 2. The van der Waals surface area contributed by atoms with Gasteiger partial charge in [0.05, 0.1) is 9.85 Å². The highest BCUT2D eigenvalue weighted by Gasteiger charge is 2.40. The first-order valence-corrected chi connectivity index (χ1v) is 3.94. The van der Waals surface area contributed by atoms with Crippen molar-refractivity contribution in [2.24, 2.45) is 0 Å². The Labute approximate surface area is 90.9 Å². The van der Waals surface area contributed by atoms with Gasteiger partial charge < -0.3 is 5.73 Å². The number of nitrogen functional groups attached to an aromatic ring is 1. The van der Waals surface area contributed by atoms with Crippen molar-refractivity contribution in [3.63, 3.8) is 0 Å². The molecule has 0 aliphatic rings. The number of nitro benzene ring substituents is 2. The number of halogens is 3. The summed E-state index contributed by atoms with van der Waals surface area (Å²) in [4.78, 5) is 18.3. The number of hydrogen-bond donors (Lipinski definition) is 1. The Kier molecular flexibility index (Phi) is 2.90. The van der Waals surface area contributed by atoms with Gasteiger partial charge in [0.2, 0.25) is 0 Å². The maximum Gasteiger partial charge on any atom is 0.423 e. The van der Waals surface area contributed by atoms with E-state index in [0.717, 1.165) is 0 Å². The molecule has 0 atom stereocenters. The van der Waals surface area contributed by atoms with Gasteiger partial charge >= 0.3 is 6.18 Å². The average Bonchev–Trinajstić information content (AvgIpc) is 2.14. The SMILES string of the molecule is Nc1cc([N+](=O)[O-])c(C(F)(F)F)cc1[N+](=O)[O-]. The Morgan fingerprint density at radius 2 is 1.53 bits per heavy atom. The van der Waals surface area contributed by atoms with Crippen LogP contribution in [0.5, 0.6) is 0 Å². The normalized spacial score (nSPS) is 11.2. The average molecular weight is 251 g/mol. The fourth-order valence-electron chi connectivity index (χ4n) is 1.13. The van der Waals surface area contributed by atoms with Gasteiger partial charge in [-0.05, 0) is 0 Å². The topological polar surface area (TPSA) is 112 Å². The molecule has 0 spiro atoms. The van der Waals surface area contributed by atoms with Gasteiger partial charge in [0, 0.05) is 12.1 Å². The van der Waals surface area contributed by atoms with Crippen molar-refractivity contribution in [2.45, 2.75) is 6.18 Å². The van der Waals surface area contributed by atoms with Crippen molar-refractivity contribution in [3.05, 3.63) is 37.9 Å². The first kappa shape index (κ1) is 12.7. The van der Waals surface area contributed by atoms with Crippen molar-refractivity contribution >= 4 is 17.1 Å². The molecule has 0 aromatic heterocycles. The van der Waals surface area contributed by atoms with Crippen LogP contribution in [0.25, 0.3) is 0 Å².